The molecule has 0 bridgehead atoms. The maximum absolute atomic E-state index is 12.1. The summed E-state index contributed by atoms with van der Waals surface area (Å²) in [5.41, 5.74) is 2.04. The first kappa shape index (κ1) is 14.7. The minimum Gasteiger partial charge on any atom is -0.321 e. The molecule has 0 saturated carbocycles. The molecule has 0 spiro atoms. The maximum atomic E-state index is 12.1. The molecule has 1 aliphatic rings. The van der Waals surface area contributed by atoms with Crippen LogP contribution in [0.5, 0.6) is 0 Å². The maximum Gasteiger partial charge on any atom is 0.251 e. The SMILES string of the molecule is CCS(=O)(=O)c1ccccc1NC(=O)C(C)=C1CNC1. The Bertz CT molecular complexity index is 657. The first-order valence-corrected chi connectivity index (χ1v) is 8.13. The summed E-state index contributed by atoms with van der Waals surface area (Å²) in [5.74, 6) is -0.246. The van der Waals surface area contributed by atoms with E-state index in [4.69, 9.17) is 0 Å². The molecule has 0 aliphatic carbocycles. The van der Waals surface area contributed by atoms with Crippen LogP contribution in [0.25, 0.3) is 0 Å². The molecule has 5 nitrogen and oxygen atoms in total. The van der Waals surface area contributed by atoms with Gasteiger partial charge in [-0.2, -0.15) is 0 Å². The van der Waals surface area contributed by atoms with Gasteiger partial charge in [0.1, 0.15) is 0 Å². The third kappa shape index (κ3) is 2.91. The fraction of sp³-hybridized carbons (Fsp3) is 0.357. The lowest BCUT2D eigenvalue weighted by Gasteiger charge is -2.21. The number of benzene rings is 1. The first-order valence-electron chi connectivity index (χ1n) is 6.48. The molecule has 1 aromatic rings. The molecule has 0 radical (unpaired) electrons. The van der Waals surface area contributed by atoms with E-state index in [1.807, 2.05) is 0 Å². The van der Waals surface area contributed by atoms with Crippen LogP contribution in [-0.4, -0.2) is 33.2 Å². The fourth-order valence-electron chi connectivity index (χ4n) is 1.89. The molecule has 1 fully saturated rings. The van der Waals surface area contributed by atoms with E-state index in [0.29, 0.717) is 24.4 Å². The van der Waals surface area contributed by atoms with E-state index in [2.05, 4.69) is 10.6 Å². The predicted octanol–water partition coefficient (Wildman–Crippen LogP) is 1.34. The number of carbonyl (C=O) groups excluding carboxylic acids is 1. The van der Waals surface area contributed by atoms with E-state index in [-0.39, 0.29) is 16.6 Å². The largest absolute Gasteiger partial charge is 0.321 e. The lowest BCUT2D eigenvalue weighted by molar-refractivity contribution is -0.112. The van der Waals surface area contributed by atoms with Crippen LogP contribution >= 0.6 is 0 Å². The number of amides is 1. The third-order valence-electron chi connectivity index (χ3n) is 3.40. The van der Waals surface area contributed by atoms with Crippen molar-refractivity contribution in [1.29, 1.82) is 0 Å². The van der Waals surface area contributed by atoms with Gasteiger partial charge < -0.3 is 10.6 Å². The Morgan fingerprint density at radius 3 is 2.50 bits per heavy atom. The second kappa shape index (κ2) is 5.76. The summed E-state index contributed by atoms with van der Waals surface area (Å²) in [6, 6.07) is 6.48. The van der Waals surface area contributed by atoms with Gasteiger partial charge in [-0.25, -0.2) is 8.42 Å². The molecule has 0 unspecified atom stereocenters. The number of rotatable bonds is 4. The van der Waals surface area contributed by atoms with Crippen LogP contribution in [-0.2, 0) is 14.6 Å². The highest BCUT2D eigenvalue weighted by atomic mass is 32.2. The summed E-state index contributed by atoms with van der Waals surface area (Å²) in [6.45, 7) is 4.77. The lowest BCUT2D eigenvalue weighted by Crippen LogP contribution is -2.36. The van der Waals surface area contributed by atoms with E-state index in [9.17, 15) is 13.2 Å². The topological polar surface area (TPSA) is 75.3 Å². The summed E-state index contributed by atoms with van der Waals surface area (Å²) in [4.78, 5) is 12.3. The van der Waals surface area contributed by atoms with E-state index in [1.54, 1.807) is 32.0 Å². The molecule has 6 heteroatoms. The molecule has 1 aliphatic heterocycles. The Hall–Kier alpha value is -1.66. The zero-order valence-electron chi connectivity index (χ0n) is 11.6. The number of hydrogen-bond donors (Lipinski definition) is 2. The molecule has 0 aromatic heterocycles. The summed E-state index contributed by atoms with van der Waals surface area (Å²) < 4.78 is 24.0. The Labute approximate surface area is 119 Å². The Kier molecular flexibility index (Phi) is 4.25. The van der Waals surface area contributed by atoms with Gasteiger partial charge in [-0.1, -0.05) is 19.1 Å². The van der Waals surface area contributed by atoms with Gasteiger partial charge in [0.15, 0.2) is 9.84 Å². The van der Waals surface area contributed by atoms with Gasteiger partial charge >= 0.3 is 0 Å². The average Bonchev–Trinajstić information content (AvgIpc) is 2.37. The minimum atomic E-state index is -3.36. The number of sulfone groups is 1. The van der Waals surface area contributed by atoms with Crippen molar-refractivity contribution in [3.05, 3.63) is 35.4 Å². The summed E-state index contributed by atoms with van der Waals surface area (Å²) in [5, 5.41) is 5.77. The Morgan fingerprint density at radius 1 is 1.30 bits per heavy atom. The molecule has 0 atom stereocenters. The van der Waals surface area contributed by atoms with Crippen molar-refractivity contribution in [3.8, 4) is 0 Å². The molecule has 2 rings (SSSR count). The smallest absolute Gasteiger partial charge is 0.251 e. The first-order chi connectivity index (χ1) is 9.45. The molecular weight excluding hydrogens is 276 g/mol. The number of carbonyl (C=O) groups is 1. The van der Waals surface area contributed by atoms with Crippen molar-refractivity contribution in [2.45, 2.75) is 18.7 Å². The normalized spacial score (nSPS) is 14.6. The Morgan fingerprint density at radius 2 is 1.95 bits per heavy atom. The monoisotopic (exact) mass is 294 g/mol. The standard InChI is InChI=1S/C14H18N2O3S/c1-3-20(18,19)13-7-5-4-6-12(13)16-14(17)10(2)11-8-15-9-11/h4-7,15H,3,8-9H2,1-2H3,(H,16,17). The summed E-state index contributed by atoms with van der Waals surface area (Å²) in [7, 11) is -3.36. The highest BCUT2D eigenvalue weighted by molar-refractivity contribution is 7.91. The van der Waals surface area contributed by atoms with Crippen LogP contribution in [0, 0.1) is 0 Å². The van der Waals surface area contributed by atoms with Crippen molar-refractivity contribution in [1.82, 2.24) is 5.32 Å². The van der Waals surface area contributed by atoms with Crippen LogP contribution in [0.1, 0.15) is 13.8 Å². The highest BCUT2D eigenvalue weighted by Crippen LogP contribution is 2.23. The summed E-state index contributed by atoms with van der Waals surface area (Å²) >= 11 is 0. The zero-order chi connectivity index (χ0) is 14.8. The van der Waals surface area contributed by atoms with Crippen LogP contribution in [0.3, 0.4) is 0 Å². The summed E-state index contributed by atoms with van der Waals surface area (Å²) in [6.07, 6.45) is 0. The van der Waals surface area contributed by atoms with Crippen LogP contribution < -0.4 is 10.6 Å². The van der Waals surface area contributed by atoms with Gasteiger partial charge in [-0.3, -0.25) is 4.79 Å². The van der Waals surface area contributed by atoms with Crippen molar-refractivity contribution < 1.29 is 13.2 Å². The van der Waals surface area contributed by atoms with Crippen molar-refractivity contribution in [2.75, 3.05) is 24.2 Å². The molecule has 1 heterocycles. The number of anilines is 1. The molecule has 1 aromatic carbocycles. The van der Waals surface area contributed by atoms with Crippen molar-refractivity contribution >= 4 is 21.4 Å². The molecule has 20 heavy (non-hydrogen) atoms. The van der Waals surface area contributed by atoms with Gasteiger partial charge in [-0.05, 0) is 24.6 Å². The van der Waals surface area contributed by atoms with Crippen molar-refractivity contribution in [2.24, 2.45) is 0 Å². The second-order valence-electron chi connectivity index (χ2n) is 4.69. The number of hydrogen-bond acceptors (Lipinski definition) is 4. The van der Waals surface area contributed by atoms with Crippen LogP contribution in [0.15, 0.2) is 40.3 Å². The Balaban J connectivity index is 2.29. The van der Waals surface area contributed by atoms with Crippen molar-refractivity contribution in [3.63, 3.8) is 0 Å². The lowest BCUT2D eigenvalue weighted by atomic mass is 10.0. The van der Waals surface area contributed by atoms with Gasteiger partial charge in [-0.15, -0.1) is 0 Å². The molecule has 1 amide bonds. The van der Waals surface area contributed by atoms with Crippen LogP contribution in [0.2, 0.25) is 0 Å². The van der Waals surface area contributed by atoms with Gasteiger partial charge in [0.25, 0.3) is 5.91 Å². The second-order valence-corrected chi connectivity index (χ2v) is 6.93. The van der Waals surface area contributed by atoms with Gasteiger partial charge in [0.05, 0.1) is 16.3 Å². The predicted molar refractivity (Wildman–Crippen MR) is 78.4 cm³/mol. The third-order valence-corrected chi connectivity index (χ3v) is 5.18. The number of nitrogens with one attached hydrogen (secondary N) is 2. The quantitative estimate of drug-likeness (QED) is 0.822. The molecule has 2 N–H and O–H groups in total. The van der Waals surface area contributed by atoms with E-state index in [0.717, 1.165) is 5.57 Å². The number of para-hydroxylation sites is 1. The molecule has 1 saturated heterocycles. The van der Waals surface area contributed by atoms with E-state index < -0.39 is 9.84 Å². The van der Waals surface area contributed by atoms with E-state index >= 15 is 0 Å². The van der Waals surface area contributed by atoms with E-state index in [1.165, 1.54) is 6.07 Å². The zero-order valence-corrected chi connectivity index (χ0v) is 12.4. The minimum absolute atomic E-state index is 0.00384. The average molecular weight is 294 g/mol. The van der Waals surface area contributed by atoms with Crippen LogP contribution in [0.4, 0.5) is 5.69 Å². The highest BCUT2D eigenvalue weighted by Gasteiger charge is 2.20. The molecule has 108 valence electrons. The molecular formula is C14H18N2O3S. The van der Waals surface area contributed by atoms with Gasteiger partial charge in [0.2, 0.25) is 0 Å². The van der Waals surface area contributed by atoms with Gasteiger partial charge in [0, 0.05) is 18.7 Å². The fourth-order valence-corrected chi connectivity index (χ4v) is 2.94.